The maximum atomic E-state index is 13.0. The SMILES string of the molecule is COc1cc(N)ccc1C(=O)OCc1ccc(F)cc1Br. The van der Waals surface area contributed by atoms with Gasteiger partial charge in [-0.3, -0.25) is 0 Å². The lowest BCUT2D eigenvalue weighted by atomic mass is 10.2. The first-order valence-corrected chi connectivity index (χ1v) is 6.85. The number of anilines is 1. The largest absolute Gasteiger partial charge is 0.496 e. The van der Waals surface area contributed by atoms with Crippen molar-refractivity contribution in [3.63, 3.8) is 0 Å². The van der Waals surface area contributed by atoms with Gasteiger partial charge in [-0.2, -0.15) is 0 Å². The average Bonchev–Trinajstić information content (AvgIpc) is 2.45. The van der Waals surface area contributed by atoms with Crippen molar-refractivity contribution in [2.24, 2.45) is 0 Å². The van der Waals surface area contributed by atoms with E-state index in [0.29, 0.717) is 21.5 Å². The van der Waals surface area contributed by atoms with Crippen molar-refractivity contribution >= 4 is 27.6 Å². The number of benzene rings is 2. The van der Waals surface area contributed by atoms with Gasteiger partial charge in [-0.1, -0.05) is 22.0 Å². The van der Waals surface area contributed by atoms with Gasteiger partial charge in [0.1, 0.15) is 23.7 Å². The maximum absolute atomic E-state index is 13.0. The molecule has 110 valence electrons. The van der Waals surface area contributed by atoms with Crippen LogP contribution in [0.4, 0.5) is 10.1 Å². The standard InChI is InChI=1S/C15H13BrFNO3/c1-20-14-7-11(18)4-5-12(14)15(19)21-8-9-2-3-10(17)6-13(9)16/h2-7H,8,18H2,1H3. The van der Waals surface area contributed by atoms with Crippen molar-refractivity contribution < 1.29 is 18.7 Å². The Kier molecular flexibility index (Phi) is 4.80. The zero-order valence-electron chi connectivity index (χ0n) is 11.2. The molecule has 2 N–H and O–H groups in total. The number of halogens is 2. The Hall–Kier alpha value is -2.08. The number of hydrogen-bond acceptors (Lipinski definition) is 4. The number of carbonyl (C=O) groups excluding carboxylic acids is 1. The summed E-state index contributed by atoms with van der Waals surface area (Å²) in [6.45, 7) is 0.0211. The first-order chi connectivity index (χ1) is 10.0. The molecular weight excluding hydrogens is 341 g/mol. The summed E-state index contributed by atoms with van der Waals surface area (Å²) in [5.41, 5.74) is 7.07. The molecule has 0 aliphatic carbocycles. The smallest absolute Gasteiger partial charge is 0.342 e. The summed E-state index contributed by atoms with van der Waals surface area (Å²) in [7, 11) is 1.45. The monoisotopic (exact) mass is 353 g/mol. The Labute approximate surface area is 129 Å². The van der Waals surface area contributed by atoms with Gasteiger partial charge in [0.2, 0.25) is 0 Å². The highest BCUT2D eigenvalue weighted by atomic mass is 79.9. The summed E-state index contributed by atoms with van der Waals surface area (Å²) in [5.74, 6) is -0.557. The number of rotatable bonds is 4. The van der Waals surface area contributed by atoms with Crippen LogP contribution in [0.15, 0.2) is 40.9 Å². The second-order valence-electron chi connectivity index (χ2n) is 4.27. The highest BCUT2D eigenvalue weighted by Crippen LogP contribution is 2.24. The second kappa shape index (κ2) is 6.58. The van der Waals surface area contributed by atoms with Crippen LogP contribution in [0.1, 0.15) is 15.9 Å². The van der Waals surface area contributed by atoms with Crippen molar-refractivity contribution in [3.8, 4) is 5.75 Å². The van der Waals surface area contributed by atoms with Crippen LogP contribution in [0.5, 0.6) is 5.75 Å². The van der Waals surface area contributed by atoms with E-state index in [4.69, 9.17) is 15.2 Å². The number of nitrogens with two attached hydrogens (primary N) is 1. The molecule has 0 saturated heterocycles. The van der Waals surface area contributed by atoms with Gasteiger partial charge in [-0.05, 0) is 24.3 Å². The highest BCUT2D eigenvalue weighted by Gasteiger charge is 2.14. The van der Waals surface area contributed by atoms with E-state index in [2.05, 4.69) is 15.9 Å². The summed E-state index contributed by atoms with van der Waals surface area (Å²) in [4.78, 5) is 12.1. The van der Waals surface area contributed by atoms with Gasteiger partial charge in [-0.25, -0.2) is 9.18 Å². The lowest BCUT2D eigenvalue weighted by molar-refractivity contribution is 0.0468. The van der Waals surface area contributed by atoms with Crippen molar-refractivity contribution in [1.29, 1.82) is 0 Å². The van der Waals surface area contributed by atoms with Crippen LogP contribution in [-0.4, -0.2) is 13.1 Å². The first kappa shape index (κ1) is 15.3. The molecule has 0 aliphatic rings. The third kappa shape index (κ3) is 3.72. The Morgan fingerprint density at radius 3 is 2.71 bits per heavy atom. The fourth-order valence-corrected chi connectivity index (χ4v) is 2.20. The highest BCUT2D eigenvalue weighted by molar-refractivity contribution is 9.10. The summed E-state index contributed by atoms with van der Waals surface area (Å²) in [6, 6.07) is 8.84. The topological polar surface area (TPSA) is 61.5 Å². The first-order valence-electron chi connectivity index (χ1n) is 6.06. The van der Waals surface area contributed by atoms with Crippen LogP contribution in [0.2, 0.25) is 0 Å². The van der Waals surface area contributed by atoms with Crippen LogP contribution in [-0.2, 0) is 11.3 Å². The molecule has 2 aromatic carbocycles. The lowest BCUT2D eigenvalue weighted by Crippen LogP contribution is -2.08. The van der Waals surface area contributed by atoms with Gasteiger partial charge in [0, 0.05) is 21.8 Å². The molecule has 0 atom stereocenters. The van der Waals surface area contributed by atoms with E-state index in [1.807, 2.05) is 0 Å². The summed E-state index contributed by atoms with van der Waals surface area (Å²) in [6.07, 6.45) is 0. The van der Waals surface area contributed by atoms with E-state index in [9.17, 15) is 9.18 Å². The molecule has 2 aromatic rings. The summed E-state index contributed by atoms with van der Waals surface area (Å²) < 4.78 is 23.8. The van der Waals surface area contributed by atoms with E-state index >= 15 is 0 Å². The molecule has 2 rings (SSSR count). The second-order valence-corrected chi connectivity index (χ2v) is 5.13. The number of hydrogen-bond donors (Lipinski definition) is 1. The van der Waals surface area contributed by atoms with E-state index < -0.39 is 5.97 Å². The summed E-state index contributed by atoms with van der Waals surface area (Å²) in [5, 5.41) is 0. The fraction of sp³-hybridized carbons (Fsp3) is 0.133. The van der Waals surface area contributed by atoms with Crippen molar-refractivity contribution in [3.05, 3.63) is 57.8 Å². The zero-order valence-corrected chi connectivity index (χ0v) is 12.8. The van der Waals surface area contributed by atoms with Crippen LogP contribution < -0.4 is 10.5 Å². The molecule has 6 heteroatoms. The van der Waals surface area contributed by atoms with Crippen LogP contribution >= 0.6 is 15.9 Å². The van der Waals surface area contributed by atoms with Gasteiger partial charge in [0.25, 0.3) is 0 Å². The average molecular weight is 354 g/mol. The quantitative estimate of drug-likeness (QED) is 0.674. The molecule has 0 fully saturated rings. The molecule has 0 radical (unpaired) electrons. The van der Waals surface area contributed by atoms with E-state index in [0.717, 1.165) is 0 Å². The number of nitrogen functional groups attached to an aromatic ring is 1. The minimum absolute atomic E-state index is 0.0211. The molecule has 0 unspecified atom stereocenters. The van der Waals surface area contributed by atoms with E-state index in [1.165, 1.54) is 25.3 Å². The third-order valence-electron chi connectivity index (χ3n) is 2.82. The Morgan fingerprint density at radius 1 is 1.29 bits per heavy atom. The van der Waals surface area contributed by atoms with Gasteiger partial charge < -0.3 is 15.2 Å². The predicted octanol–water partition coefficient (Wildman–Crippen LogP) is 3.54. The van der Waals surface area contributed by atoms with Crippen molar-refractivity contribution in [2.45, 2.75) is 6.61 Å². The Balaban J connectivity index is 2.11. The molecule has 0 heterocycles. The minimum Gasteiger partial charge on any atom is -0.496 e. The molecule has 0 saturated carbocycles. The molecule has 0 aliphatic heterocycles. The van der Waals surface area contributed by atoms with Crippen molar-refractivity contribution in [1.82, 2.24) is 0 Å². The molecular formula is C15H13BrFNO3. The van der Waals surface area contributed by atoms with Crippen LogP contribution in [0.25, 0.3) is 0 Å². The lowest BCUT2D eigenvalue weighted by Gasteiger charge is -2.10. The molecule has 0 bridgehead atoms. The van der Waals surface area contributed by atoms with Gasteiger partial charge in [0.15, 0.2) is 0 Å². The van der Waals surface area contributed by atoms with E-state index in [1.54, 1.807) is 18.2 Å². The Morgan fingerprint density at radius 2 is 2.05 bits per heavy atom. The molecule has 0 amide bonds. The zero-order chi connectivity index (χ0) is 15.4. The molecule has 0 spiro atoms. The fourth-order valence-electron chi connectivity index (χ4n) is 1.74. The van der Waals surface area contributed by atoms with Crippen molar-refractivity contribution in [2.75, 3.05) is 12.8 Å². The van der Waals surface area contributed by atoms with Gasteiger partial charge in [0.05, 0.1) is 7.11 Å². The predicted molar refractivity (Wildman–Crippen MR) is 80.6 cm³/mol. The number of ether oxygens (including phenoxy) is 2. The third-order valence-corrected chi connectivity index (χ3v) is 3.56. The maximum Gasteiger partial charge on any atom is 0.342 e. The van der Waals surface area contributed by atoms with E-state index in [-0.39, 0.29) is 18.0 Å². The van der Waals surface area contributed by atoms with Gasteiger partial charge >= 0.3 is 5.97 Å². The van der Waals surface area contributed by atoms with Crippen LogP contribution in [0, 0.1) is 5.82 Å². The summed E-state index contributed by atoms with van der Waals surface area (Å²) >= 11 is 3.22. The molecule has 0 aromatic heterocycles. The number of methoxy groups -OCH3 is 1. The minimum atomic E-state index is -0.539. The number of carbonyl (C=O) groups is 1. The molecule has 21 heavy (non-hydrogen) atoms. The Bertz CT molecular complexity index is 676. The molecule has 4 nitrogen and oxygen atoms in total. The number of esters is 1. The van der Waals surface area contributed by atoms with Gasteiger partial charge in [-0.15, -0.1) is 0 Å². The normalized spacial score (nSPS) is 10.2. The van der Waals surface area contributed by atoms with Crippen LogP contribution in [0.3, 0.4) is 0 Å².